The number of carbonyl (C=O) groups excluding carboxylic acids is 1. The number of aliphatic imine (C=N–C) groups is 1. The minimum absolute atomic E-state index is 0.179. The molecular weight excluding hydrogens is 366 g/mol. The van der Waals surface area contributed by atoms with E-state index in [4.69, 9.17) is 20.2 Å². The van der Waals surface area contributed by atoms with E-state index in [9.17, 15) is 4.79 Å². The lowest BCUT2D eigenvalue weighted by Crippen LogP contribution is -2.58. The molecule has 0 aromatic heterocycles. The summed E-state index contributed by atoms with van der Waals surface area (Å²) in [6.45, 7) is 1.05. The van der Waals surface area contributed by atoms with E-state index in [-0.39, 0.29) is 17.3 Å². The Bertz CT molecular complexity index is 814. The smallest absolute Gasteiger partial charge is 0.192 e. The van der Waals surface area contributed by atoms with Crippen molar-refractivity contribution in [2.75, 3.05) is 34.4 Å². The van der Waals surface area contributed by atoms with Crippen LogP contribution in [-0.2, 0) is 32.6 Å². The largest absolute Gasteiger partial charge is 0.385 e. The molecule has 1 atom stereocenters. The first-order chi connectivity index (χ1) is 14.0. The van der Waals surface area contributed by atoms with Crippen molar-refractivity contribution in [2.45, 2.75) is 56.6 Å². The third kappa shape index (κ3) is 3.17. The highest BCUT2D eigenvalue weighted by Crippen LogP contribution is 2.61. The van der Waals surface area contributed by atoms with Crippen molar-refractivity contribution >= 4 is 11.7 Å². The summed E-state index contributed by atoms with van der Waals surface area (Å²) in [4.78, 5) is 20.4. The van der Waals surface area contributed by atoms with Crippen LogP contribution in [-0.4, -0.2) is 57.2 Å². The molecule has 0 radical (unpaired) electrons. The van der Waals surface area contributed by atoms with Gasteiger partial charge in [0.2, 0.25) is 0 Å². The first-order valence-corrected chi connectivity index (χ1v) is 10.7. The lowest BCUT2D eigenvalue weighted by molar-refractivity contribution is -0.132. The number of carbonyl (C=O) groups is 1. The summed E-state index contributed by atoms with van der Waals surface area (Å²) in [6.07, 6.45) is 6.86. The molecule has 0 saturated heterocycles. The average molecular weight is 400 g/mol. The van der Waals surface area contributed by atoms with Gasteiger partial charge in [-0.2, -0.15) is 0 Å². The fourth-order valence-electron chi connectivity index (χ4n) is 5.74. The summed E-state index contributed by atoms with van der Waals surface area (Å²) in [5.74, 6) is 0.647. The molecule has 3 aliphatic rings. The van der Waals surface area contributed by atoms with E-state index >= 15 is 0 Å². The maximum absolute atomic E-state index is 13.7. The monoisotopic (exact) mass is 399 g/mol. The number of hydrogen-bond acceptors (Lipinski definition) is 6. The van der Waals surface area contributed by atoms with Crippen molar-refractivity contribution in [1.29, 1.82) is 0 Å². The van der Waals surface area contributed by atoms with Crippen LogP contribution in [0.15, 0.2) is 23.2 Å². The topological polar surface area (TPSA) is 77.2 Å². The minimum atomic E-state index is -0.852. The van der Waals surface area contributed by atoms with Crippen LogP contribution in [0.4, 0.5) is 0 Å². The summed E-state index contributed by atoms with van der Waals surface area (Å²) in [7, 11) is 5.35. The fraction of sp³-hybridized carbons (Fsp3) is 0.652. The number of hydrogen-bond donors (Lipinski definition) is 1. The SMILES string of the molecule is COCCCc1ccc2c(c1)C1(N=C(N)N(C)CC1=O)C1(CCC(OC)CC1)C2. The third-order valence-corrected chi connectivity index (χ3v) is 7.36. The van der Waals surface area contributed by atoms with Crippen LogP contribution < -0.4 is 5.73 Å². The summed E-state index contributed by atoms with van der Waals surface area (Å²) in [5, 5.41) is 0. The molecule has 0 amide bonds. The van der Waals surface area contributed by atoms with Gasteiger partial charge in [0, 0.05) is 33.3 Å². The van der Waals surface area contributed by atoms with Gasteiger partial charge in [0.1, 0.15) is 0 Å². The number of guanidine groups is 1. The second kappa shape index (κ2) is 7.73. The number of nitrogens with zero attached hydrogens (tertiary/aromatic N) is 2. The number of rotatable bonds is 5. The van der Waals surface area contributed by atoms with Crippen LogP contribution in [0.2, 0.25) is 0 Å². The van der Waals surface area contributed by atoms with Crippen LogP contribution in [0.25, 0.3) is 0 Å². The van der Waals surface area contributed by atoms with Gasteiger partial charge in [0.15, 0.2) is 17.3 Å². The van der Waals surface area contributed by atoms with E-state index in [0.717, 1.165) is 57.1 Å². The predicted molar refractivity (Wildman–Crippen MR) is 113 cm³/mol. The number of methoxy groups -OCH3 is 2. The zero-order chi connectivity index (χ0) is 20.6. The molecule has 2 N–H and O–H groups in total. The van der Waals surface area contributed by atoms with E-state index in [1.54, 1.807) is 19.1 Å². The molecule has 4 rings (SSSR count). The number of benzene rings is 1. The zero-order valence-electron chi connectivity index (χ0n) is 17.9. The molecule has 1 fully saturated rings. The van der Waals surface area contributed by atoms with Gasteiger partial charge in [-0.15, -0.1) is 0 Å². The van der Waals surface area contributed by atoms with Crippen molar-refractivity contribution in [2.24, 2.45) is 16.1 Å². The highest BCUT2D eigenvalue weighted by Gasteiger charge is 2.63. The van der Waals surface area contributed by atoms with Crippen LogP contribution in [0.1, 0.15) is 48.8 Å². The van der Waals surface area contributed by atoms with Gasteiger partial charge >= 0.3 is 0 Å². The highest BCUT2D eigenvalue weighted by atomic mass is 16.5. The molecule has 2 spiro atoms. The Labute approximate surface area is 173 Å². The molecule has 6 nitrogen and oxygen atoms in total. The average Bonchev–Trinajstić information content (AvgIpc) is 2.97. The van der Waals surface area contributed by atoms with Crippen LogP contribution in [0.3, 0.4) is 0 Å². The summed E-state index contributed by atoms with van der Waals surface area (Å²) < 4.78 is 10.8. The van der Waals surface area contributed by atoms with Gasteiger partial charge in [0.05, 0.1) is 12.6 Å². The Balaban J connectivity index is 1.80. The first-order valence-electron chi connectivity index (χ1n) is 10.7. The number of ether oxygens (including phenoxy) is 2. The second-order valence-electron chi connectivity index (χ2n) is 8.94. The molecule has 1 aromatic rings. The number of nitrogens with two attached hydrogens (primary N) is 1. The zero-order valence-corrected chi connectivity index (χ0v) is 17.9. The Morgan fingerprint density at radius 2 is 2.03 bits per heavy atom. The minimum Gasteiger partial charge on any atom is -0.385 e. The van der Waals surface area contributed by atoms with Crippen molar-refractivity contribution in [3.8, 4) is 0 Å². The number of aryl methyl sites for hydroxylation is 1. The van der Waals surface area contributed by atoms with E-state index < -0.39 is 5.54 Å². The normalized spacial score (nSPS) is 31.4. The Kier molecular flexibility index (Phi) is 5.42. The lowest BCUT2D eigenvalue weighted by Gasteiger charge is -2.49. The number of ketones is 1. The van der Waals surface area contributed by atoms with Crippen molar-refractivity contribution in [3.05, 3.63) is 34.9 Å². The Hall–Kier alpha value is -1.92. The van der Waals surface area contributed by atoms with E-state index in [1.807, 2.05) is 7.05 Å². The van der Waals surface area contributed by atoms with Gasteiger partial charge in [-0.05, 0) is 61.6 Å². The fourth-order valence-corrected chi connectivity index (χ4v) is 5.74. The van der Waals surface area contributed by atoms with Gasteiger partial charge in [-0.1, -0.05) is 18.2 Å². The molecule has 1 aromatic carbocycles. The summed E-state index contributed by atoms with van der Waals surface area (Å²) in [5.41, 5.74) is 8.85. The number of fused-ring (bicyclic) bond motifs is 3. The Morgan fingerprint density at radius 3 is 2.72 bits per heavy atom. The molecule has 1 aliphatic heterocycles. The standard InChI is InChI=1S/C23H33N3O3/c1-26-15-20(27)23(25-21(26)24)19-13-16(5-4-12-28-2)6-7-17(19)14-22(23)10-8-18(29-3)9-11-22/h6-7,13,18H,4-5,8-12,14-15H2,1-3H3,(H2,24,25). The van der Waals surface area contributed by atoms with E-state index in [0.29, 0.717) is 12.5 Å². The highest BCUT2D eigenvalue weighted by molar-refractivity contribution is 6.01. The molecule has 1 unspecified atom stereocenters. The predicted octanol–water partition coefficient (Wildman–Crippen LogP) is 2.42. The maximum atomic E-state index is 13.7. The molecule has 29 heavy (non-hydrogen) atoms. The van der Waals surface area contributed by atoms with Gasteiger partial charge in [-0.25, -0.2) is 4.99 Å². The molecule has 1 saturated carbocycles. The van der Waals surface area contributed by atoms with Crippen LogP contribution >= 0.6 is 0 Å². The van der Waals surface area contributed by atoms with E-state index in [1.165, 1.54) is 11.1 Å². The molecule has 0 bridgehead atoms. The van der Waals surface area contributed by atoms with Crippen LogP contribution in [0, 0.1) is 5.41 Å². The second-order valence-corrected chi connectivity index (χ2v) is 8.94. The molecule has 6 heteroatoms. The molecule has 158 valence electrons. The van der Waals surface area contributed by atoms with Crippen molar-refractivity contribution < 1.29 is 14.3 Å². The van der Waals surface area contributed by atoms with Crippen molar-refractivity contribution in [3.63, 3.8) is 0 Å². The van der Waals surface area contributed by atoms with E-state index in [2.05, 4.69) is 18.2 Å². The molecule has 1 heterocycles. The molecular formula is C23H33N3O3. The summed E-state index contributed by atoms with van der Waals surface area (Å²) in [6, 6.07) is 6.64. The maximum Gasteiger partial charge on any atom is 0.192 e. The van der Waals surface area contributed by atoms with Gasteiger partial charge in [-0.3, -0.25) is 4.79 Å². The van der Waals surface area contributed by atoms with Gasteiger partial charge in [0.25, 0.3) is 0 Å². The Morgan fingerprint density at radius 1 is 1.28 bits per heavy atom. The molecule has 2 aliphatic carbocycles. The van der Waals surface area contributed by atoms with Crippen LogP contribution in [0.5, 0.6) is 0 Å². The quantitative estimate of drug-likeness (QED) is 0.770. The third-order valence-electron chi connectivity index (χ3n) is 7.36. The number of Topliss-reactive ketones (excluding diaryl/α,β-unsaturated/α-hetero) is 1. The number of likely N-dealkylation sites (N-methyl/N-ethyl adjacent to an activating group) is 1. The lowest BCUT2D eigenvalue weighted by atomic mass is 9.59. The summed E-state index contributed by atoms with van der Waals surface area (Å²) >= 11 is 0. The van der Waals surface area contributed by atoms with Gasteiger partial charge < -0.3 is 20.1 Å². The van der Waals surface area contributed by atoms with Crippen molar-refractivity contribution in [1.82, 2.24) is 4.90 Å². The first kappa shape index (κ1) is 20.4.